The van der Waals surface area contributed by atoms with Gasteiger partial charge in [0.1, 0.15) is 5.75 Å². The van der Waals surface area contributed by atoms with Gasteiger partial charge in [0.05, 0.1) is 19.8 Å². The zero-order chi connectivity index (χ0) is 11.4. The Kier molecular flexibility index (Phi) is 3.22. The molecule has 1 N–H and O–H groups in total. The molecule has 0 bridgehead atoms. The summed E-state index contributed by atoms with van der Waals surface area (Å²) in [5.41, 5.74) is 0.858. The van der Waals surface area contributed by atoms with E-state index in [1.165, 1.54) is 0 Å². The summed E-state index contributed by atoms with van der Waals surface area (Å²) in [6.45, 7) is 0.458. The van der Waals surface area contributed by atoms with Crippen molar-refractivity contribution in [2.75, 3.05) is 7.11 Å². The number of aliphatic hydroxyl groups excluding tert-OH is 1. The summed E-state index contributed by atoms with van der Waals surface area (Å²) in [7, 11) is 1.62. The van der Waals surface area contributed by atoms with Gasteiger partial charge in [0.15, 0.2) is 0 Å². The number of hydrogen-bond donors (Lipinski definition) is 1. The van der Waals surface area contributed by atoms with Crippen molar-refractivity contribution in [3.8, 4) is 5.75 Å². The second-order valence-electron chi connectivity index (χ2n) is 3.52. The van der Waals surface area contributed by atoms with Gasteiger partial charge >= 0.3 is 0 Å². The van der Waals surface area contributed by atoms with Gasteiger partial charge in [-0.3, -0.25) is 4.68 Å². The number of benzene rings is 1. The zero-order valence-corrected chi connectivity index (χ0v) is 9.08. The Bertz CT molecular complexity index is 423. The van der Waals surface area contributed by atoms with E-state index < -0.39 is 6.10 Å². The first-order valence-electron chi connectivity index (χ1n) is 5.09. The average Bonchev–Trinajstić information content (AvgIpc) is 2.82. The van der Waals surface area contributed by atoms with E-state index in [4.69, 9.17) is 4.74 Å². The third-order valence-electron chi connectivity index (χ3n) is 2.42. The highest BCUT2D eigenvalue weighted by molar-refractivity contribution is 5.28. The Balaban J connectivity index is 2.05. The fourth-order valence-electron chi connectivity index (χ4n) is 1.52. The topological polar surface area (TPSA) is 47.3 Å². The number of hydrogen-bond acceptors (Lipinski definition) is 3. The Morgan fingerprint density at radius 1 is 1.38 bits per heavy atom. The van der Waals surface area contributed by atoms with E-state index >= 15 is 0 Å². The summed E-state index contributed by atoms with van der Waals surface area (Å²) in [6, 6.07) is 9.21. The lowest BCUT2D eigenvalue weighted by atomic mass is 10.1. The molecule has 1 aromatic carbocycles. The quantitative estimate of drug-likeness (QED) is 0.848. The highest BCUT2D eigenvalue weighted by atomic mass is 16.5. The van der Waals surface area contributed by atoms with Gasteiger partial charge in [-0.2, -0.15) is 5.10 Å². The number of methoxy groups -OCH3 is 1. The zero-order valence-electron chi connectivity index (χ0n) is 9.08. The molecule has 1 unspecified atom stereocenters. The average molecular weight is 218 g/mol. The van der Waals surface area contributed by atoms with Gasteiger partial charge in [0.2, 0.25) is 0 Å². The SMILES string of the molecule is COc1ccc(C(O)Cn2cccn2)cc1. The molecule has 1 heterocycles. The maximum Gasteiger partial charge on any atom is 0.118 e. The lowest BCUT2D eigenvalue weighted by Gasteiger charge is -2.11. The summed E-state index contributed by atoms with van der Waals surface area (Å²) in [6.07, 6.45) is 2.97. The molecule has 16 heavy (non-hydrogen) atoms. The first-order valence-corrected chi connectivity index (χ1v) is 5.09. The second-order valence-corrected chi connectivity index (χ2v) is 3.52. The molecule has 4 nitrogen and oxygen atoms in total. The van der Waals surface area contributed by atoms with Crippen molar-refractivity contribution >= 4 is 0 Å². The van der Waals surface area contributed by atoms with Crippen LogP contribution in [0.3, 0.4) is 0 Å². The molecule has 1 aromatic heterocycles. The number of rotatable bonds is 4. The molecule has 2 rings (SSSR count). The van der Waals surface area contributed by atoms with Crippen LogP contribution in [-0.2, 0) is 6.54 Å². The Labute approximate surface area is 94.1 Å². The van der Waals surface area contributed by atoms with Crippen LogP contribution in [0, 0.1) is 0 Å². The van der Waals surface area contributed by atoms with E-state index in [-0.39, 0.29) is 0 Å². The van der Waals surface area contributed by atoms with Crippen molar-refractivity contribution in [2.45, 2.75) is 12.6 Å². The van der Waals surface area contributed by atoms with Crippen LogP contribution in [-0.4, -0.2) is 22.0 Å². The van der Waals surface area contributed by atoms with Gasteiger partial charge in [0.25, 0.3) is 0 Å². The predicted octanol–water partition coefficient (Wildman–Crippen LogP) is 1.63. The van der Waals surface area contributed by atoms with Crippen molar-refractivity contribution in [1.82, 2.24) is 9.78 Å². The molecule has 0 saturated heterocycles. The first-order chi connectivity index (χ1) is 7.79. The van der Waals surface area contributed by atoms with E-state index in [2.05, 4.69) is 5.10 Å². The first kappa shape index (κ1) is 10.7. The molecule has 0 fully saturated rings. The van der Waals surface area contributed by atoms with E-state index in [9.17, 15) is 5.11 Å². The van der Waals surface area contributed by atoms with Crippen LogP contribution in [0.4, 0.5) is 0 Å². The molecule has 1 atom stereocenters. The van der Waals surface area contributed by atoms with Crippen molar-refractivity contribution in [3.05, 3.63) is 48.3 Å². The van der Waals surface area contributed by atoms with Crippen molar-refractivity contribution in [1.29, 1.82) is 0 Å². The number of ether oxygens (including phenoxy) is 1. The lowest BCUT2D eigenvalue weighted by molar-refractivity contribution is 0.151. The van der Waals surface area contributed by atoms with Crippen LogP contribution >= 0.6 is 0 Å². The molecule has 0 aliphatic heterocycles. The maximum atomic E-state index is 9.95. The van der Waals surface area contributed by atoms with Crippen molar-refractivity contribution in [2.24, 2.45) is 0 Å². The molecular weight excluding hydrogens is 204 g/mol. The van der Waals surface area contributed by atoms with Crippen molar-refractivity contribution in [3.63, 3.8) is 0 Å². The minimum atomic E-state index is -0.550. The summed E-state index contributed by atoms with van der Waals surface area (Å²) < 4.78 is 6.76. The molecule has 0 amide bonds. The van der Waals surface area contributed by atoms with Gasteiger partial charge in [-0.05, 0) is 23.8 Å². The number of aliphatic hydroxyl groups is 1. The van der Waals surface area contributed by atoms with Gasteiger partial charge in [-0.1, -0.05) is 12.1 Å². The molecule has 84 valence electrons. The lowest BCUT2D eigenvalue weighted by Crippen LogP contribution is -2.08. The summed E-state index contributed by atoms with van der Waals surface area (Å²) >= 11 is 0. The van der Waals surface area contributed by atoms with Crippen molar-refractivity contribution < 1.29 is 9.84 Å². The molecular formula is C12H14N2O2. The second kappa shape index (κ2) is 4.81. The fraction of sp³-hybridized carbons (Fsp3) is 0.250. The third-order valence-corrected chi connectivity index (χ3v) is 2.42. The number of aromatic nitrogens is 2. The van der Waals surface area contributed by atoms with E-state index in [1.54, 1.807) is 18.0 Å². The minimum Gasteiger partial charge on any atom is -0.497 e. The Morgan fingerprint density at radius 2 is 2.12 bits per heavy atom. The van der Waals surface area contributed by atoms with Gasteiger partial charge < -0.3 is 9.84 Å². The summed E-state index contributed by atoms with van der Waals surface area (Å²) in [4.78, 5) is 0. The van der Waals surface area contributed by atoms with E-state index in [0.29, 0.717) is 6.54 Å². The predicted molar refractivity (Wildman–Crippen MR) is 60.2 cm³/mol. The van der Waals surface area contributed by atoms with Crippen LogP contribution in [0.25, 0.3) is 0 Å². The third kappa shape index (κ3) is 2.41. The number of nitrogens with zero attached hydrogens (tertiary/aromatic N) is 2. The Morgan fingerprint density at radius 3 is 2.69 bits per heavy atom. The normalized spacial score (nSPS) is 12.4. The van der Waals surface area contributed by atoms with Gasteiger partial charge in [0, 0.05) is 12.4 Å². The Hall–Kier alpha value is -1.81. The van der Waals surface area contributed by atoms with Crippen LogP contribution in [0.2, 0.25) is 0 Å². The molecule has 0 spiro atoms. The van der Waals surface area contributed by atoms with Crippen LogP contribution in [0.15, 0.2) is 42.7 Å². The maximum absolute atomic E-state index is 9.95. The molecule has 0 aliphatic carbocycles. The fourth-order valence-corrected chi connectivity index (χ4v) is 1.52. The van der Waals surface area contributed by atoms with Gasteiger partial charge in [-0.15, -0.1) is 0 Å². The molecule has 0 saturated carbocycles. The van der Waals surface area contributed by atoms with E-state index in [0.717, 1.165) is 11.3 Å². The minimum absolute atomic E-state index is 0.458. The largest absolute Gasteiger partial charge is 0.497 e. The van der Waals surface area contributed by atoms with Crippen LogP contribution in [0.5, 0.6) is 5.75 Å². The smallest absolute Gasteiger partial charge is 0.118 e. The van der Waals surface area contributed by atoms with Crippen LogP contribution < -0.4 is 4.74 Å². The monoisotopic (exact) mass is 218 g/mol. The summed E-state index contributed by atoms with van der Waals surface area (Å²) in [5, 5.41) is 14.0. The van der Waals surface area contributed by atoms with Gasteiger partial charge in [-0.25, -0.2) is 0 Å². The van der Waals surface area contributed by atoms with E-state index in [1.807, 2.05) is 36.5 Å². The van der Waals surface area contributed by atoms with Crippen LogP contribution in [0.1, 0.15) is 11.7 Å². The molecule has 0 radical (unpaired) electrons. The highest BCUT2D eigenvalue weighted by Gasteiger charge is 2.08. The highest BCUT2D eigenvalue weighted by Crippen LogP contribution is 2.18. The summed E-state index contributed by atoms with van der Waals surface area (Å²) in [5.74, 6) is 0.787. The standard InChI is InChI=1S/C12H14N2O2/c1-16-11-5-3-10(4-6-11)12(15)9-14-8-2-7-13-14/h2-8,12,15H,9H2,1H3. The molecule has 4 heteroatoms. The molecule has 2 aromatic rings. The molecule has 0 aliphatic rings.